The Hall–Kier alpha value is -0.890. The minimum absolute atomic E-state index is 0.193. The number of carbonyl (C=O) groups is 1. The van der Waals surface area contributed by atoms with Crippen molar-refractivity contribution in [2.45, 2.75) is 33.1 Å². The number of rotatable bonds is 6. The van der Waals surface area contributed by atoms with Crippen LogP contribution < -0.4 is 0 Å². The van der Waals surface area contributed by atoms with Crippen LogP contribution in [-0.2, 0) is 4.79 Å². The minimum atomic E-state index is 0.193. The monoisotopic (exact) mass is 235 g/mol. The van der Waals surface area contributed by atoms with Gasteiger partial charge >= 0.3 is 0 Å². The van der Waals surface area contributed by atoms with Crippen molar-refractivity contribution in [2.24, 2.45) is 11.3 Å². The van der Waals surface area contributed by atoms with Crippen molar-refractivity contribution < 1.29 is 4.79 Å². The van der Waals surface area contributed by atoms with Gasteiger partial charge in [0.05, 0.1) is 0 Å². The smallest absolute Gasteiger partial charge is 0.137 e. The molecule has 0 aromatic heterocycles. The highest BCUT2D eigenvalue weighted by atomic mass is 16.1. The second kappa shape index (κ2) is 6.15. The van der Waals surface area contributed by atoms with E-state index in [1.807, 2.05) is 12.2 Å². The molecule has 2 nitrogen and oxygen atoms in total. The second-order valence-corrected chi connectivity index (χ2v) is 5.83. The Kier molecular flexibility index (Phi) is 5.13. The molecule has 1 saturated carbocycles. The van der Waals surface area contributed by atoms with Crippen LogP contribution in [0.25, 0.3) is 0 Å². The van der Waals surface area contributed by atoms with Crippen LogP contribution >= 0.6 is 0 Å². The summed E-state index contributed by atoms with van der Waals surface area (Å²) < 4.78 is 0. The predicted octanol–water partition coefficient (Wildman–Crippen LogP) is 3.06. The zero-order chi connectivity index (χ0) is 12.9. The van der Waals surface area contributed by atoms with Gasteiger partial charge in [-0.2, -0.15) is 0 Å². The standard InChI is InChI=1S/C15H25NO/c1-5-9-16(10-6-2)12-13-11-15(3,4)8-7-14(13)17/h5-6,13H,1-2,7-12H2,3-4H3. The van der Waals surface area contributed by atoms with Crippen LogP contribution in [-0.4, -0.2) is 30.3 Å². The van der Waals surface area contributed by atoms with Gasteiger partial charge in [0.25, 0.3) is 0 Å². The third kappa shape index (κ3) is 4.47. The fourth-order valence-corrected chi connectivity index (χ4v) is 2.62. The molecule has 0 bridgehead atoms. The number of nitrogens with zero attached hydrogens (tertiary/aromatic N) is 1. The number of carbonyl (C=O) groups excluding carboxylic acids is 1. The average molecular weight is 235 g/mol. The molecule has 0 aromatic rings. The van der Waals surface area contributed by atoms with Gasteiger partial charge in [0.15, 0.2) is 0 Å². The lowest BCUT2D eigenvalue weighted by molar-refractivity contribution is -0.127. The lowest BCUT2D eigenvalue weighted by Crippen LogP contribution is -2.39. The summed E-state index contributed by atoms with van der Waals surface area (Å²) in [6, 6.07) is 0. The number of hydrogen-bond donors (Lipinski definition) is 0. The molecule has 1 unspecified atom stereocenters. The van der Waals surface area contributed by atoms with Crippen molar-refractivity contribution in [3.63, 3.8) is 0 Å². The van der Waals surface area contributed by atoms with Gasteiger partial charge < -0.3 is 0 Å². The van der Waals surface area contributed by atoms with Crippen LogP contribution in [0.15, 0.2) is 25.3 Å². The molecule has 17 heavy (non-hydrogen) atoms. The summed E-state index contributed by atoms with van der Waals surface area (Å²) in [4.78, 5) is 14.2. The van der Waals surface area contributed by atoms with E-state index < -0.39 is 0 Å². The molecule has 2 heteroatoms. The van der Waals surface area contributed by atoms with Crippen LogP contribution in [0.2, 0.25) is 0 Å². The Balaban J connectivity index is 2.59. The second-order valence-electron chi connectivity index (χ2n) is 5.83. The molecule has 0 radical (unpaired) electrons. The summed E-state index contributed by atoms with van der Waals surface area (Å²) >= 11 is 0. The molecule has 0 aromatic carbocycles. The van der Waals surface area contributed by atoms with Crippen molar-refractivity contribution in [2.75, 3.05) is 19.6 Å². The van der Waals surface area contributed by atoms with E-state index in [1.165, 1.54) is 0 Å². The van der Waals surface area contributed by atoms with E-state index in [-0.39, 0.29) is 5.92 Å². The molecular formula is C15H25NO. The first-order valence-electron chi connectivity index (χ1n) is 6.45. The van der Waals surface area contributed by atoms with E-state index >= 15 is 0 Å². The summed E-state index contributed by atoms with van der Waals surface area (Å²) in [7, 11) is 0. The molecule has 1 aliphatic carbocycles. The Labute approximate surface area is 105 Å². The topological polar surface area (TPSA) is 20.3 Å². The molecule has 1 fully saturated rings. The van der Waals surface area contributed by atoms with Crippen LogP contribution in [0.3, 0.4) is 0 Å². The summed E-state index contributed by atoms with van der Waals surface area (Å²) in [6.07, 6.45) is 6.57. The maximum atomic E-state index is 11.9. The molecule has 0 saturated heterocycles. The number of hydrogen-bond acceptors (Lipinski definition) is 2. The minimum Gasteiger partial charge on any atom is -0.299 e. The molecule has 0 amide bonds. The molecule has 0 spiro atoms. The number of ketones is 1. The van der Waals surface area contributed by atoms with Crippen molar-refractivity contribution in [1.29, 1.82) is 0 Å². The highest BCUT2D eigenvalue weighted by Crippen LogP contribution is 2.36. The first-order chi connectivity index (χ1) is 7.98. The highest BCUT2D eigenvalue weighted by Gasteiger charge is 2.34. The lowest BCUT2D eigenvalue weighted by Gasteiger charge is -2.36. The molecular weight excluding hydrogens is 210 g/mol. The zero-order valence-corrected chi connectivity index (χ0v) is 11.2. The molecule has 0 aliphatic heterocycles. The summed E-state index contributed by atoms with van der Waals surface area (Å²) in [5, 5.41) is 0. The van der Waals surface area contributed by atoms with Crippen molar-refractivity contribution in [3.05, 3.63) is 25.3 Å². The molecule has 0 N–H and O–H groups in total. The van der Waals surface area contributed by atoms with E-state index in [2.05, 4.69) is 31.9 Å². The molecule has 1 aliphatic rings. The van der Waals surface area contributed by atoms with Crippen LogP contribution in [0.5, 0.6) is 0 Å². The normalized spacial score (nSPS) is 23.7. The van der Waals surface area contributed by atoms with Crippen molar-refractivity contribution in [1.82, 2.24) is 4.90 Å². The SMILES string of the molecule is C=CCN(CC=C)CC1CC(C)(C)CCC1=O. The third-order valence-electron chi connectivity index (χ3n) is 3.56. The van der Waals surface area contributed by atoms with Gasteiger partial charge in [-0.3, -0.25) is 9.69 Å². The largest absolute Gasteiger partial charge is 0.299 e. The predicted molar refractivity (Wildman–Crippen MR) is 73.0 cm³/mol. The Morgan fingerprint density at radius 2 is 1.94 bits per heavy atom. The van der Waals surface area contributed by atoms with Crippen LogP contribution in [0, 0.1) is 11.3 Å². The third-order valence-corrected chi connectivity index (χ3v) is 3.56. The van der Waals surface area contributed by atoms with E-state index in [4.69, 9.17) is 0 Å². The van der Waals surface area contributed by atoms with Crippen molar-refractivity contribution >= 4 is 5.78 Å². The molecule has 0 heterocycles. The van der Waals surface area contributed by atoms with Gasteiger partial charge in [0.2, 0.25) is 0 Å². The number of Topliss-reactive ketones (excluding diaryl/α,β-unsaturated/α-hetero) is 1. The maximum Gasteiger partial charge on any atom is 0.137 e. The Morgan fingerprint density at radius 1 is 1.35 bits per heavy atom. The first-order valence-corrected chi connectivity index (χ1v) is 6.45. The average Bonchev–Trinajstić information content (AvgIpc) is 2.24. The fraction of sp³-hybridized carbons (Fsp3) is 0.667. The van der Waals surface area contributed by atoms with Gasteiger partial charge in [-0.25, -0.2) is 0 Å². The van der Waals surface area contributed by atoms with Gasteiger partial charge in [-0.05, 0) is 18.3 Å². The lowest BCUT2D eigenvalue weighted by atomic mass is 9.71. The van der Waals surface area contributed by atoms with E-state index in [1.54, 1.807) is 0 Å². The zero-order valence-electron chi connectivity index (χ0n) is 11.2. The van der Waals surface area contributed by atoms with Crippen molar-refractivity contribution in [3.8, 4) is 0 Å². The summed E-state index contributed by atoms with van der Waals surface area (Å²) in [5.74, 6) is 0.626. The maximum absolute atomic E-state index is 11.9. The highest BCUT2D eigenvalue weighted by molar-refractivity contribution is 5.82. The van der Waals surface area contributed by atoms with Crippen LogP contribution in [0.4, 0.5) is 0 Å². The molecule has 96 valence electrons. The quantitative estimate of drug-likeness (QED) is 0.659. The van der Waals surface area contributed by atoms with Gasteiger partial charge in [0, 0.05) is 32.0 Å². The molecule has 1 atom stereocenters. The van der Waals surface area contributed by atoms with Gasteiger partial charge in [0.1, 0.15) is 5.78 Å². The summed E-state index contributed by atoms with van der Waals surface area (Å²) in [5.41, 5.74) is 0.312. The van der Waals surface area contributed by atoms with Gasteiger partial charge in [-0.15, -0.1) is 13.2 Å². The van der Waals surface area contributed by atoms with E-state index in [9.17, 15) is 4.79 Å². The molecule has 1 rings (SSSR count). The Morgan fingerprint density at radius 3 is 2.47 bits per heavy atom. The fourth-order valence-electron chi connectivity index (χ4n) is 2.62. The first kappa shape index (κ1) is 14.2. The Bertz CT molecular complexity index is 283. The van der Waals surface area contributed by atoms with Crippen LogP contribution in [0.1, 0.15) is 33.1 Å². The van der Waals surface area contributed by atoms with E-state index in [0.717, 1.165) is 38.9 Å². The van der Waals surface area contributed by atoms with E-state index in [0.29, 0.717) is 11.2 Å². The van der Waals surface area contributed by atoms with Gasteiger partial charge in [-0.1, -0.05) is 26.0 Å². The summed E-state index contributed by atoms with van der Waals surface area (Å²) in [6.45, 7) is 14.6.